The Kier molecular flexibility index (Phi) is 3.76. The van der Waals surface area contributed by atoms with Crippen molar-refractivity contribution in [3.63, 3.8) is 0 Å². The van der Waals surface area contributed by atoms with Crippen LogP contribution in [0.15, 0.2) is 91.1 Å². The van der Waals surface area contributed by atoms with E-state index in [2.05, 4.69) is 111 Å². The highest BCUT2D eigenvalue weighted by Crippen LogP contribution is 2.52. The number of fused-ring (bicyclic) bond motifs is 4. The molecule has 0 unspecified atom stereocenters. The molecule has 0 spiro atoms. The first-order valence-electron chi connectivity index (χ1n) is 10.8. The first-order valence-corrected chi connectivity index (χ1v) is 10.8. The third-order valence-electron chi connectivity index (χ3n) is 6.35. The molecule has 4 aromatic carbocycles. The van der Waals surface area contributed by atoms with Crippen LogP contribution in [-0.2, 0) is 5.41 Å². The second-order valence-electron chi connectivity index (χ2n) is 9.36. The average molecular weight is 401 g/mol. The molecule has 0 radical (unpaired) electrons. The summed E-state index contributed by atoms with van der Waals surface area (Å²) in [5, 5.41) is 4.92. The number of benzene rings is 4. The summed E-state index contributed by atoms with van der Waals surface area (Å²) in [4.78, 5) is 7.39. The van der Waals surface area contributed by atoms with Gasteiger partial charge in [0, 0.05) is 33.6 Å². The zero-order valence-corrected chi connectivity index (χ0v) is 18.1. The molecule has 0 aliphatic carbocycles. The van der Waals surface area contributed by atoms with E-state index in [0.29, 0.717) is 0 Å². The minimum atomic E-state index is 0.0779. The van der Waals surface area contributed by atoms with Gasteiger partial charge in [0.2, 0.25) is 0 Å². The zero-order valence-electron chi connectivity index (χ0n) is 18.1. The van der Waals surface area contributed by atoms with Gasteiger partial charge in [0.15, 0.2) is 0 Å². The van der Waals surface area contributed by atoms with E-state index in [-0.39, 0.29) is 5.41 Å². The lowest BCUT2D eigenvalue weighted by Crippen LogP contribution is -2.17. The van der Waals surface area contributed by atoms with Crippen LogP contribution in [0.2, 0.25) is 0 Å². The molecule has 6 rings (SSSR count). The topological polar surface area (TPSA) is 16.1 Å². The third kappa shape index (κ3) is 2.68. The number of hydrogen-bond acceptors (Lipinski definition) is 2. The van der Waals surface area contributed by atoms with E-state index >= 15 is 0 Å². The van der Waals surface area contributed by atoms with Crippen LogP contribution in [0.1, 0.15) is 26.3 Å². The Balaban J connectivity index is 1.79. The van der Waals surface area contributed by atoms with Gasteiger partial charge >= 0.3 is 0 Å². The Labute approximate surface area is 182 Å². The highest BCUT2D eigenvalue weighted by Gasteiger charge is 2.29. The largest absolute Gasteiger partial charge is 0.307 e. The van der Waals surface area contributed by atoms with Crippen molar-refractivity contribution in [3.8, 4) is 11.3 Å². The van der Waals surface area contributed by atoms with E-state index in [9.17, 15) is 0 Å². The van der Waals surface area contributed by atoms with Gasteiger partial charge < -0.3 is 4.90 Å². The third-order valence-corrected chi connectivity index (χ3v) is 6.35. The van der Waals surface area contributed by atoms with Gasteiger partial charge in [0.1, 0.15) is 0 Å². The van der Waals surface area contributed by atoms with Gasteiger partial charge in [-0.05, 0) is 40.6 Å². The highest BCUT2D eigenvalue weighted by molar-refractivity contribution is 6.17. The summed E-state index contributed by atoms with van der Waals surface area (Å²) in [5.74, 6) is 0. The maximum atomic E-state index is 5.00. The molecule has 2 heteroatoms. The smallest absolute Gasteiger partial charge is 0.0956 e. The van der Waals surface area contributed by atoms with Crippen LogP contribution in [0.4, 0.5) is 17.1 Å². The molecule has 2 nitrogen and oxygen atoms in total. The van der Waals surface area contributed by atoms with Gasteiger partial charge in [-0.2, -0.15) is 0 Å². The minimum absolute atomic E-state index is 0.0779. The summed E-state index contributed by atoms with van der Waals surface area (Å²) in [7, 11) is 0. The fourth-order valence-electron chi connectivity index (χ4n) is 4.76. The lowest BCUT2D eigenvalue weighted by atomic mass is 9.85. The maximum Gasteiger partial charge on any atom is 0.0956 e. The Morgan fingerprint density at radius 3 is 2.29 bits per heavy atom. The summed E-state index contributed by atoms with van der Waals surface area (Å²) in [6, 6.07) is 30.6. The molecule has 1 aliphatic heterocycles. The molecule has 0 atom stereocenters. The monoisotopic (exact) mass is 400 g/mol. The van der Waals surface area contributed by atoms with Crippen LogP contribution in [0.5, 0.6) is 0 Å². The highest BCUT2D eigenvalue weighted by atomic mass is 15.2. The van der Waals surface area contributed by atoms with E-state index in [1.807, 2.05) is 6.20 Å². The molecule has 1 aromatic heterocycles. The first-order chi connectivity index (χ1) is 15.0. The van der Waals surface area contributed by atoms with Crippen molar-refractivity contribution in [1.82, 2.24) is 4.98 Å². The second kappa shape index (κ2) is 6.42. The van der Waals surface area contributed by atoms with E-state index < -0.39 is 0 Å². The molecule has 0 saturated carbocycles. The van der Waals surface area contributed by atoms with Crippen molar-refractivity contribution in [3.05, 3.63) is 96.7 Å². The van der Waals surface area contributed by atoms with Gasteiger partial charge in [-0.3, -0.25) is 4.98 Å². The van der Waals surface area contributed by atoms with Crippen molar-refractivity contribution in [2.45, 2.75) is 26.2 Å². The molecular formula is C29H24N2. The van der Waals surface area contributed by atoms with Gasteiger partial charge in [0.05, 0.1) is 17.1 Å². The molecule has 0 bridgehead atoms. The lowest BCUT2D eigenvalue weighted by Gasteiger charge is -2.34. The van der Waals surface area contributed by atoms with Crippen molar-refractivity contribution in [1.29, 1.82) is 0 Å². The van der Waals surface area contributed by atoms with Crippen molar-refractivity contribution < 1.29 is 0 Å². The normalized spacial score (nSPS) is 12.9. The fraction of sp³-hybridized carbons (Fsp3) is 0.138. The molecule has 150 valence electrons. The Bertz CT molecular complexity index is 1450. The number of pyridine rings is 1. The Hall–Kier alpha value is -3.65. The first kappa shape index (κ1) is 18.1. The Morgan fingerprint density at radius 2 is 1.52 bits per heavy atom. The van der Waals surface area contributed by atoms with Crippen LogP contribution < -0.4 is 4.90 Å². The second-order valence-corrected chi connectivity index (χ2v) is 9.36. The number of nitrogens with zero attached hydrogens (tertiary/aromatic N) is 2. The van der Waals surface area contributed by atoms with Crippen LogP contribution >= 0.6 is 0 Å². The van der Waals surface area contributed by atoms with Crippen LogP contribution in [-0.4, -0.2) is 4.98 Å². The number of anilines is 3. The minimum Gasteiger partial charge on any atom is -0.307 e. The van der Waals surface area contributed by atoms with Crippen LogP contribution in [0.3, 0.4) is 0 Å². The molecule has 5 aromatic rings. The summed E-state index contributed by atoms with van der Waals surface area (Å²) >= 11 is 0. The van der Waals surface area contributed by atoms with Gasteiger partial charge in [-0.25, -0.2) is 0 Å². The molecule has 2 heterocycles. The van der Waals surface area contributed by atoms with E-state index in [1.165, 1.54) is 44.0 Å². The van der Waals surface area contributed by atoms with Gasteiger partial charge in [-0.15, -0.1) is 0 Å². The van der Waals surface area contributed by atoms with Crippen LogP contribution in [0, 0.1) is 0 Å². The summed E-state index contributed by atoms with van der Waals surface area (Å²) in [5.41, 5.74) is 7.20. The van der Waals surface area contributed by atoms with Crippen molar-refractivity contribution in [2.24, 2.45) is 0 Å². The number of rotatable bonds is 1. The maximum absolute atomic E-state index is 5.00. The van der Waals surface area contributed by atoms with Crippen molar-refractivity contribution >= 4 is 38.6 Å². The number of hydrogen-bond donors (Lipinski definition) is 0. The van der Waals surface area contributed by atoms with Crippen molar-refractivity contribution in [2.75, 3.05) is 4.90 Å². The van der Waals surface area contributed by atoms with E-state index in [0.717, 1.165) is 11.4 Å². The SMILES string of the molecule is CC(C)(C)c1ccc2cnc3c(c2c1)N(c1ccccc1)c1cccc2cccc-3c12. The van der Waals surface area contributed by atoms with Gasteiger partial charge in [-0.1, -0.05) is 81.4 Å². The Morgan fingerprint density at radius 1 is 0.742 bits per heavy atom. The molecule has 0 fully saturated rings. The molecule has 0 N–H and O–H groups in total. The number of aromatic nitrogens is 1. The summed E-state index contributed by atoms with van der Waals surface area (Å²) in [6.45, 7) is 6.81. The summed E-state index contributed by atoms with van der Waals surface area (Å²) < 4.78 is 0. The molecule has 31 heavy (non-hydrogen) atoms. The van der Waals surface area contributed by atoms with Gasteiger partial charge in [0.25, 0.3) is 0 Å². The predicted octanol–water partition coefficient (Wildman–Crippen LogP) is 8.14. The zero-order chi connectivity index (χ0) is 21.2. The van der Waals surface area contributed by atoms with E-state index in [4.69, 9.17) is 4.98 Å². The lowest BCUT2D eigenvalue weighted by molar-refractivity contribution is 0.591. The standard InChI is InChI=1S/C29H24N2/c1-29(2,3)21-16-15-20-18-30-27-23-13-7-9-19-10-8-14-25(26(19)23)31(28(27)24(20)17-21)22-11-5-4-6-12-22/h4-18H,1-3H3. The summed E-state index contributed by atoms with van der Waals surface area (Å²) in [6.07, 6.45) is 2.02. The fourth-order valence-corrected chi connectivity index (χ4v) is 4.76. The quantitative estimate of drug-likeness (QED) is 0.277. The predicted molar refractivity (Wildman–Crippen MR) is 132 cm³/mol. The average Bonchev–Trinajstić information content (AvgIpc) is 2.79. The molecular weight excluding hydrogens is 376 g/mol. The molecule has 0 amide bonds. The van der Waals surface area contributed by atoms with E-state index in [1.54, 1.807) is 0 Å². The molecule has 0 saturated heterocycles. The van der Waals surface area contributed by atoms with Crippen LogP contribution in [0.25, 0.3) is 32.8 Å². The number of para-hydroxylation sites is 1. The molecule has 1 aliphatic rings.